The molecule has 0 saturated heterocycles. The summed E-state index contributed by atoms with van der Waals surface area (Å²) in [7, 11) is 1.60. The summed E-state index contributed by atoms with van der Waals surface area (Å²) in [6.45, 7) is 2.00. The summed E-state index contributed by atoms with van der Waals surface area (Å²) in [5.74, 6) is 0.656. The molecule has 0 spiro atoms. The molecule has 16 heavy (non-hydrogen) atoms. The third kappa shape index (κ3) is 1.56. The molecule has 1 saturated carbocycles. The fourth-order valence-corrected chi connectivity index (χ4v) is 2.59. The summed E-state index contributed by atoms with van der Waals surface area (Å²) in [6.07, 6.45) is 3.00. The van der Waals surface area contributed by atoms with Gasteiger partial charge in [0, 0.05) is 0 Å². The van der Waals surface area contributed by atoms with Gasteiger partial charge in [-0.2, -0.15) is 5.26 Å². The maximum atomic E-state index is 9.32. The van der Waals surface area contributed by atoms with Crippen molar-refractivity contribution in [1.82, 2.24) is 0 Å². The molecule has 2 rings (SSSR count). The minimum Gasteiger partial charge on any atom is -0.495 e. The highest BCUT2D eigenvalue weighted by atomic mass is 35.5. The zero-order valence-electron chi connectivity index (χ0n) is 9.51. The fraction of sp³-hybridized carbons (Fsp3) is 0.462. The van der Waals surface area contributed by atoms with Gasteiger partial charge in [0.05, 0.1) is 23.6 Å². The van der Waals surface area contributed by atoms with Crippen molar-refractivity contribution in [2.75, 3.05) is 7.11 Å². The second-order valence-corrected chi connectivity index (χ2v) is 4.76. The number of hydrogen-bond donors (Lipinski definition) is 0. The average molecular weight is 236 g/mol. The van der Waals surface area contributed by atoms with Gasteiger partial charge in [-0.15, -0.1) is 0 Å². The van der Waals surface area contributed by atoms with Crippen LogP contribution in [0.1, 0.15) is 30.4 Å². The Bertz CT molecular complexity index is 458. The fourth-order valence-electron chi connectivity index (χ4n) is 2.30. The number of nitrogens with zero attached hydrogens (tertiary/aromatic N) is 1. The summed E-state index contributed by atoms with van der Waals surface area (Å²) in [5.41, 5.74) is 1.84. The van der Waals surface area contributed by atoms with E-state index in [9.17, 15) is 5.26 Å². The molecule has 3 heteroatoms. The molecule has 0 atom stereocenters. The molecule has 0 unspecified atom stereocenters. The first kappa shape index (κ1) is 11.3. The third-order valence-corrected chi connectivity index (χ3v) is 3.73. The van der Waals surface area contributed by atoms with Crippen LogP contribution in [0.2, 0.25) is 5.02 Å². The molecule has 2 nitrogen and oxygen atoms in total. The van der Waals surface area contributed by atoms with Crippen LogP contribution in [0.5, 0.6) is 5.75 Å². The Morgan fingerprint density at radius 2 is 2.12 bits per heavy atom. The quantitative estimate of drug-likeness (QED) is 0.785. The second-order valence-electron chi connectivity index (χ2n) is 4.35. The predicted molar refractivity (Wildman–Crippen MR) is 63.9 cm³/mol. The van der Waals surface area contributed by atoms with Crippen molar-refractivity contribution < 1.29 is 4.74 Å². The van der Waals surface area contributed by atoms with Crippen molar-refractivity contribution in [3.8, 4) is 11.8 Å². The Labute approximate surface area is 101 Å². The highest BCUT2D eigenvalue weighted by Gasteiger charge is 2.40. The maximum absolute atomic E-state index is 9.32. The highest BCUT2D eigenvalue weighted by molar-refractivity contribution is 6.32. The molecule has 0 heterocycles. The molecule has 1 aromatic rings. The molecule has 1 fully saturated rings. The first-order chi connectivity index (χ1) is 7.63. The number of benzene rings is 1. The number of hydrogen-bond acceptors (Lipinski definition) is 2. The molecule has 0 aromatic heterocycles. The molecule has 1 aliphatic rings. The van der Waals surface area contributed by atoms with E-state index in [0.29, 0.717) is 10.8 Å². The lowest BCUT2D eigenvalue weighted by molar-refractivity contribution is 0.320. The van der Waals surface area contributed by atoms with Crippen LogP contribution < -0.4 is 4.74 Å². The standard InChI is InChI=1S/C13H14ClNO/c1-9-6-11(14)12(16-2)7-10(9)13(8-15)4-3-5-13/h6-7H,3-5H2,1-2H3. The van der Waals surface area contributed by atoms with Crippen LogP contribution in [-0.2, 0) is 5.41 Å². The number of halogens is 1. The normalized spacial score (nSPS) is 17.4. The van der Waals surface area contributed by atoms with E-state index in [1.54, 1.807) is 7.11 Å². The Morgan fingerprint density at radius 1 is 1.44 bits per heavy atom. The van der Waals surface area contributed by atoms with E-state index in [4.69, 9.17) is 16.3 Å². The number of rotatable bonds is 2. The lowest BCUT2D eigenvalue weighted by Gasteiger charge is -2.37. The second kappa shape index (κ2) is 3.99. The summed E-state index contributed by atoms with van der Waals surface area (Å²) in [4.78, 5) is 0. The summed E-state index contributed by atoms with van der Waals surface area (Å²) < 4.78 is 5.21. The van der Waals surface area contributed by atoms with Gasteiger partial charge in [-0.05, 0) is 49.4 Å². The largest absolute Gasteiger partial charge is 0.495 e. The monoisotopic (exact) mass is 235 g/mol. The number of aryl methyl sites for hydroxylation is 1. The molecular formula is C13H14ClNO. The summed E-state index contributed by atoms with van der Waals surface area (Å²) in [5, 5.41) is 9.93. The zero-order chi connectivity index (χ0) is 11.8. The van der Waals surface area contributed by atoms with E-state index in [1.165, 1.54) is 0 Å². The van der Waals surface area contributed by atoms with Gasteiger partial charge in [0.25, 0.3) is 0 Å². The number of ether oxygens (including phenoxy) is 1. The molecule has 0 amide bonds. The van der Waals surface area contributed by atoms with Gasteiger partial charge in [0.1, 0.15) is 5.75 Å². The van der Waals surface area contributed by atoms with Crippen molar-refractivity contribution in [2.24, 2.45) is 0 Å². The minimum absolute atomic E-state index is 0.304. The molecular weight excluding hydrogens is 222 g/mol. The van der Waals surface area contributed by atoms with E-state index >= 15 is 0 Å². The summed E-state index contributed by atoms with van der Waals surface area (Å²) >= 11 is 6.05. The van der Waals surface area contributed by atoms with Crippen LogP contribution in [-0.4, -0.2) is 7.11 Å². The van der Waals surface area contributed by atoms with E-state index < -0.39 is 0 Å². The maximum Gasteiger partial charge on any atom is 0.137 e. The van der Waals surface area contributed by atoms with Crippen molar-refractivity contribution in [3.05, 3.63) is 28.3 Å². The predicted octanol–water partition coefficient (Wildman–Crippen LogP) is 3.60. The third-order valence-electron chi connectivity index (χ3n) is 3.44. The number of nitriles is 1. The smallest absolute Gasteiger partial charge is 0.137 e. The molecule has 0 bridgehead atoms. The molecule has 0 N–H and O–H groups in total. The molecule has 1 aromatic carbocycles. The van der Waals surface area contributed by atoms with Gasteiger partial charge in [-0.3, -0.25) is 0 Å². The van der Waals surface area contributed by atoms with Gasteiger partial charge in [-0.1, -0.05) is 11.6 Å². The van der Waals surface area contributed by atoms with Crippen LogP contribution >= 0.6 is 11.6 Å². The van der Waals surface area contributed by atoms with Crippen LogP contribution in [0.25, 0.3) is 0 Å². The first-order valence-electron chi connectivity index (χ1n) is 5.39. The van der Waals surface area contributed by atoms with Gasteiger partial charge in [-0.25, -0.2) is 0 Å². The molecule has 0 radical (unpaired) electrons. The Balaban J connectivity index is 2.53. The van der Waals surface area contributed by atoms with Crippen LogP contribution in [0.3, 0.4) is 0 Å². The van der Waals surface area contributed by atoms with Gasteiger partial charge in [0.15, 0.2) is 0 Å². The molecule has 1 aliphatic carbocycles. The van der Waals surface area contributed by atoms with Crippen LogP contribution in [0.4, 0.5) is 0 Å². The topological polar surface area (TPSA) is 33.0 Å². The first-order valence-corrected chi connectivity index (χ1v) is 5.76. The lowest BCUT2D eigenvalue weighted by Crippen LogP contribution is -2.33. The minimum atomic E-state index is -0.304. The van der Waals surface area contributed by atoms with E-state index in [2.05, 4.69) is 6.07 Å². The Morgan fingerprint density at radius 3 is 2.56 bits per heavy atom. The van der Waals surface area contributed by atoms with E-state index in [0.717, 1.165) is 30.4 Å². The van der Waals surface area contributed by atoms with Crippen LogP contribution in [0, 0.1) is 18.3 Å². The van der Waals surface area contributed by atoms with Crippen LogP contribution in [0.15, 0.2) is 12.1 Å². The van der Waals surface area contributed by atoms with E-state index in [1.807, 2.05) is 19.1 Å². The van der Waals surface area contributed by atoms with Gasteiger partial charge < -0.3 is 4.74 Å². The summed E-state index contributed by atoms with van der Waals surface area (Å²) in [6, 6.07) is 6.24. The SMILES string of the molecule is COc1cc(C2(C#N)CCC2)c(C)cc1Cl. The van der Waals surface area contributed by atoms with Crippen molar-refractivity contribution in [2.45, 2.75) is 31.6 Å². The van der Waals surface area contributed by atoms with E-state index in [-0.39, 0.29) is 5.41 Å². The Kier molecular flexibility index (Phi) is 2.82. The zero-order valence-corrected chi connectivity index (χ0v) is 10.3. The Hall–Kier alpha value is -1.20. The van der Waals surface area contributed by atoms with Crippen molar-refractivity contribution >= 4 is 11.6 Å². The van der Waals surface area contributed by atoms with Gasteiger partial charge >= 0.3 is 0 Å². The average Bonchev–Trinajstić information content (AvgIpc) is 2.20. The van der Waals surface area contributed by atoms with Gasteiger partial charge in [0.2, 0.25) is 0 Å². The molecule has 0 aliphatic heterocycles. The number of methoxy groups -OCH3 is 1. The van der Waals surface area contributed by atoms with Crippen molar-refractivity contribution in [1.29, 1.82) is 5.26 Å². The van der Waals surface area contributed by atoms with Crippen molar-refractivity contribution in [3.63, 3.8) is 0 Å². The molecule has 84 valence electrons. The lowest BCUT2D eigenvalue weighted by atomic mass is 9.64. The highest BCUT2D eigenvalue weighted by Crippen LogP contribution is 2.46.